The van der Waals surface area contributed by atoms with Crippen molar-refractivity contribution in [3.8, 4) is 0 Å². The third-order valence-electron chi connectivity index (χ3n) is 3.06. The predicted molar refractivity (Wildman–Crippen MR) is 71.6 cm³/mol. The zero-order valence-corrected chi connectivity index (χ0v) is 10.9. The number of hydrogen-bond acceptors (Lipinski definition) is 2. The van der Waals surface area contributed by atoms with Crippen molar-refractivity contribution in [3.63, 3.8) is 0 Å². The Morgan fingerprint density at radius 2 is 2.27 bits per heavy atom. The average Bonchev–Trinajstić information content (AvgIpc) is 2.64. The largest absolute Gasteiger partial charge is 0.315 e. The van der Waals surface area contributed by atoms with E-state index in [-0.39, 0.29) is 0 Å². The zero-order chi connectivity index (χ0) is 11.0. The molecule has 1 N–H and O–H groups in total. The molecule has 1 aliphatic rings. The van der Waals surface area contributed by atoms with Gasteiger partial charge in [-0.3, -0.25) is 0 Å². The van der Waals surface area contributed by atoms with Crippen molar-refractivity contribution < 1.29 is 0 Å². The lowest BCUT2D eigenvalue weighted by molar-refractivity contribution is 0.521. The van der Waals surface area contributed by atoms with Crippen LogP contribution in [0.1, 0.15) is 45.4 Å². The van der Waals surface area contributed by atoms with E-state index in [2.05, 4.69) is 30.6 Å². The van der Waals surface area contributed by atoms with Crippen LogP contribution in [0, 0.1) is 0 Å². The third kappa shape index (κ3) is 5.62. The van der Waals surface area contributed by atoms with Crippen LogP contribution in [0.3, 0.4) is 0 Å². The molecule has 1 unspecified atom stereocenters. The second-order valence-electron chi connectivity index (χ2n) is 4.72. The van der Waals surface area contributed by atoms with E-state index in [9.17, 15) is 0 Å². The monoisotopic (exact) mass is 227 g/mol. The van der Waals surface area contributed by atoms with Crippen LogP contribution in [0.2, 0.25) is 0 Å². The molecule has 1 heterocycles. The van der Waals surface area contributed by atoms with Crippen molar-refractivity contribution in [2.75, 3.05) is 18.8 Å². The van der Waals surface area contributed by atoms with Gasteiger partial charge in [-0.2, -0.15) is 11.8 Å². The van der Waals surface area contributed by atoms with Gasteiger partial charge in [0.25, 0.3) is 0 Å². The van der Waals surface area contributed by atoms with Crippen LogP contribution in [-0.2, 0) is 0 Å². The van der Waals surface area contributed by atoms with Crippen molar-refractivity contribution in [3.05, 3.63) is 12.7 Å². The molecular weight excluding hydrogens is 202 g/mol. The molecule has 0 aromatic heterocycles. The van der Waals surface area contributed by atoms with Gasteiger partial charge in [-0.15, -0.1) is 6.58 Å². The van der Waals surface area contributed by atoms with Crippen LogP contribution in [-0.4, -0.2) is 23.6 Å². The molecule has 1 nitrogen and oxygen atoms in total. The van der Waals surface area contributed by atoms with Crippen molar-refractivity contribution in [2.24, 2.45) is 0 Å². The average molecular weight is 227 g/mol. The Morgan fingerprint density at radius 1 is 1.40 bits per heavy atom. The highest BCUT2D eigenvalue weighted by atomic mass is 32.2. The highest BCUT2D eigenvalue weighted by Crippen LogP contribution is 2.36. The van der Waals surface area contributed by atoms with E-state index in [1.807, 2.05) is 6.08 Å². The summed E-state index contributed by atoms with van der Waals surface area (Å²) >= 11 is 2.14. The summed E-state index contributed by atoms with van der Waals surface area (Å²) in [6.45, 7) is 8.52. The molecule has 0 bridgehead atoms. The summed E-state index contributed by atoms with van der Waals surface area (Å²) in [5.74, 6) is 1.36. The van der Waals surface area contributed by atoms with Crippen LogP contribution >= 0.6 is 11.8 Å². The fraction of sp³-hybridized carbons (Fsp3) is 0.846. The summed E-state index contributed by atoms with van der Waals surface area (Å²) in [6.07, 6.45) is 9.94. The number of rotatable bonds is 8. The topological polar surface area (TPSA) is 12.0 Å². The maximum Gasteiger partial charge on any atom is 0.0256 e. The molecule has 1 atom stereocenters. The first-order valence-electron chi connectivity index (χ1n) is 6.22. The van der Waals surface area contributed by atoms with E-state index in [0.29, 0.717) is 4.75 Å². The summed E-state index contributed by atoms with van der Waals surface area (Å²) in [5, 5.41) is 3.60. The molecule has 1 rings (SSSR count). The third-order valence-corrected chi connectivity index (χ3v) is 4.60. The quantitative estimate of drug-likeness (QED) is 0.502. The van der Waals surface area contributed by atoms with Crippen LogP contribution in [0.5, 0.6) is 0 Å². The van der Waals surface area contributed by atoms with Gasteiger partial charge in [0.1, 0.15) is 0 Å². The fourth-order valence-corrected chi connectivity index (χ4v) is 3.32. The molecule has 88 valence electrons. The molecule has 1 fully saturated rings. The maximum absolute atomic E-state index is 3.74. The Balaban J connectivity index is 1.90. The smallest absolute Gasteiger partial charge is 0.0256 e. The first-order chi connectivity index (χ1) is 7.27. The van der Waals surface area contributed by atoms with Gasteiger partial charge in [-0.05, 0) is 51.3 Å². The number of hydrogen-bond donors (Lipinski definition) is 1. The van der Waals surface area contributed by atoms with Gasteiger partial charge >= 0.3 is 0 Å². The van der Waals surface area contributed by atoms with Crippen LogP contribution in [0.25, 0.3) is 0 Å². The molecule has 2 heteroatoms. The molecule has 0 aromatic rings. The minimum atomic E-state index is 0.529. The fourth-order valence-electron chi connectivity index (χ4n) is 2.04. The Morgan fingerprint density at radius 3 is 2.93 bits per heavy atom. The lowest BCUT2D eigenvalue weighted by Gasteiger charge is -2.22. The van der Waals surface area contributed by atoms with Crippen molar-refractivity contribution in [2.45, 2.75) is 50.2 Å². The molecular formula is C13H25NS. The minimum absolute atomic E-state index is 0.529. The van der Waals surface area contributed by atoms with Crippen LogP contribution < -0.4 is 5.32 Å². The number of nitrogens with one attached hydrogen (secondary N) is 1. The number of thioether (sulfide) groups is 1. The van der Waals surface area contributed by atoms with E-state index in [0.717, 1.165) is 0 Å². The summed E-state index contributed by atoms with van der Waals surface area (Å²) in [7, 11) is 0. The maximum atomic E-state index is 3.74. The molecule has 1 saturated heterocycles. The molecule has 0 aliphatic carbocycles. The first kappa shape index (κ1) is 13.1. The van der Waals surface area contributed by atoms with Gasteiger partial charge in [-0.25, -0.2) is 0 Å². The molecule has 0 spiro atoms. The van der Waals surface area contributed by atoms with Gasteiger partial charge in [0.05, 0.1) is 0 Å². The second kappa shape index (κ2) is 7.34. The van der Waals surface area contributed by atoms with E-state index < -0.39 is 0 Å². The van der Waals surface area contributed by atoms with E-state index in [4.69, 9.17) is 0 Å². The lowest BCUT2D eigenvalue weighted by Crippen LogP contribution is -2.33. The molecule has 15 heavy (non-hydrogen) atoms. The minimum Gasteiger partial charge on any atom is -0.315 e. The van der Waals surface area contributed by atoms with Gasteiger partial charge in [0.15, 0.2) is 0 Å². The van der Waals surface area contributed by atoms with Crippen molar-refractivity contribution in [1.29, 1.82) is 0 Å². The highest BCUT2D eigenvalue weighted by molar-refractivity contribution is 8.00. The first-order valence-corrected chi connectivity index (χ1v) is 7.21. The Kier molecular flexibility index (Phi) is 6.42. The van der Waals surface area contributed by atoms with E-state index in [1.165, 1.54) is 57.4 Å². The van der Waals surface area contributed by atoms with Crippen molar-refractivity contribution in [1.82, 2.24) is 5.32 Å². The van der Waals surface area contributed by atoms with E-state index >= 15 is 0 Å². The summed E-state index contributed by atoms with van der Waals surface area (Å²) in [4.78, 5) is 0. The Labute approximate surface area is 99.1 Å². The van der Waals surface area contributed by atoms with Crippen molar-refractivity contribution >= 4 is 11.8 Å². The Bertz CT molecular complexity index is 173. The van der Waals surface area contributed by atoms with Gasteiger partial charge in [0, 0.05) is 11.3 Å². The van der Waals surface area contributed by atoms with Gasteiger partial charge < -0.3 is 5.32 Å². The van der Waals surface area contributed by atoms with Gasteiger partial charge in [0.2, 0.25) is 0 Å². The van der Waals surface area contributed by atoms with E-state index in [1.54, 1.807) is 0 Å². The Hall–Kier alpha value is 0.0500. The SMILES string of the molecule is C=CCCCCCNCC1(C)CCCS1. The lowest BCUT2D eigenvalue weighted by atomic mass is 10.1. The molecule has 1 aliphatic heterocycles. The zero-order valence-electron chi connectivity index (χ0n) is 10.1. The standard InChI is InChI=1S/C13H25NS/c1-3-4-5-6-7-10-14-12-13(2)9-8-11-15-13/h3,14H,1,4-12H2,2H3. The summed E-state index contributed by atoms with van der Waals surface area (Å²) in [5.41, 5.74) is 0. The number of allylic oxidation sites excluding steroid dienone is 1. The van der Waals surface area contributed by atoms with Crippen LogP contribution in [0.15, 0.2) is 12.7 Å². The molecule has 0 radical (unpaired) electrons. The number of unbranched alkanes of at least 4 members (excludes halogenated alkanes) is 3. The second-order valence-corrected chi connectivity index (χ2v) is 6.40. The molecule has 0 saturated carbocycles. The highest BCUT2D eigenvalue weighted by Gasteiger charge is 2.28. The molecule has 0 amide bonds. The summed E-state index contributed by atoms with van der Waals surface area (Å²) < 4.78 is 0.529. The molecule has 0 aromatic carbocycles. The van der Waals surface area contributed by atoms with Crippen LogP contribution in [0.4, 0.5) is 0 Å². The normalized spacial score (nSPS) is 25.7. The predicted octanol–water partition coefficient (Wildman–Crippen LogP) is 3.61. The summed E-state index contributed by atoms with van der Waals surface area (Å²) in [6, 6.07) is 0. The van der Waals surface area contributed by atoms with Gasteiger partial charge in [-0.1, -0.05) is 12.5 Å².